The van der Waals surface area contributed by atoms with E-state index < -0.39 is 5.63 Å². The largest absolute Gasteiger partial charge is 0.504 e. The monoisotopic (exact) mass is 598 g/mol. The second-order valence-electron chi connectivity index (χ2n) is 10.0. The van der Waals surface area contributed by atoms with Gasteiger partial charge in [-0.2, -0.15) is 0 Å². The SMILES string of the molecule is COc1ccc(-c2c3c4cc(OC)c(OCCCN=C(N)N)cc4oc(=O)c3n3ccc4cc(O)c(OC)cc4c23)cc1O. The zero-order chi connectivity index (χ0) is 31.1. The fourth-order valence-corrected chi connectivity index (χ4v) is 5.53. The van der Waals surface area contributed by atoms with Gasteiger partial charge in [-0.1, -0.05) is 6.07 Å². The number of fused-ring (bicyclic) bond motifs is 7. The number of nitrogens with two attached hydrogens (primary N) is 2. The van der Waals surface area contributed by atoms with Crippen LogP contribution in [0, 0.1) is 0 Å². The number of methoxy groups -OCH3 is 3. The molecule has 0 amide bonds. The zero-order valence-corrected chi connectivity index (χ0v) is 24.2. The highest BCUT2D eigenvalue weighted by molar-refractivity contribution is 6.22. The minimum absolute atomic E-state index is 0.00281. The summed E-state index contributed by atoms with van der Waals surface area (Å²) in [5.74, 6) is 1.27. The third-order valence-corrected chi connectivity index (χ3v) is 7.47. The number of aromatic hydroxyl groups is 2. The van der Waals surface area contributed by atoms with Gasteiger partial charge in [-0.3, -0.25) is 4.99 Å². The predicted molar refractivity (Wildman–Crippen MR) is 168 cm³/mol. The maximum atomic E-state index is 13.7. The smallest absolute Gasteiger partial charge is 0.361 e. The minimum atomic E-state index is -0.583. The van der Waals surface area contributed by atoms with Gasteiger partial charge < -0.3 is 49.4 Å². The molecule has 0 aliphatic carbocycles. The number of aromatic nitrogens is 1. The normalized spacial score (nSPS) is 11.3. The van der Waals surface area contributed by atoms with Crippen molar-refractivity contribution in [3.05, 3.63) is 65.1 Å². The molecule has 3 aromatic carbocycles. The molecule has 0 saturated heterocycles. The van der Waals surface area contributed by atoms with E-state index in [0.717, 1.165) is 0 Å². The summed E-state index contributed by atoms with van der Waals surface area (Å²) in [5, 5.41) is 23.8. The van der Waals surface area contributed by atoms with Crippen LogP contribution in [0.4, 0.5) is 0 Å². The van der Waals surface area contributed by atoms with E-state index in [9.17, 15) is 15.0 Å². The van der Waals surface area contributed by atoms with Crippen molar-refractivity contribution in [3.8, 4) is 45.6 Å². The summed E-state index contributed by atoms with van der Waals surface area (Å²) in [5.41, 5.74) is 12.7. The molecule has 0 spiro atoms. The maximum Gasteiger partial charge on any atom is 0.361 e. The third-order valence-electron chi connectivity index (χ3n) is 7.47. The number of hydrogen-bond donors (Lipinski definition) is 4. The third kappa shape index (κ3) is 4.66. The van der Waals surface area contributed by atoms with Crippen LogP contribution in [-0.4, -0.2) is 55.1 Å². The van der Waals surface area contributed by atoms with Crippen LogP contribution in [0.2, 0.25) is 0 Å². The van der Waals surface area contributed by atoms with E-state index in [4.69, 9.17) is 34.8 Å². The fraction of sp³-hybridized carbons (Fsp3) is 0.188. The van der Waals surface area contributed by atoms with Gasteiger partial charge in [0, 0.05) is 47.0 Å². The summed E-state index contributed by atoms with van der Waals surface area (Å²) in [6, 6.07) is 13.5. The predicted octanol–water partition coefficient (Wildman–Crippen LogP) is 4.50. The Hall–Kier alpha value is -5.78. The molecule has 0 unspecified atom stereocenters. The number of aliphatic imine (C=N–C) groups is 1. The maximum absolute atomic E-state index is 13.7. The molecule has 44 heavy (non-hydrogen) atoms. The standard InChI is InChI=1S/C32H30N4O8/c1-40-22-6-5-17(12-20(22)37)27-28-19-14-25(42-3)26(43-10-4-8-35-32(33)34)15-23(19)44-31(39)30(28)36-9-7-16-11-21(38)24(41-2)13-18(16)29(27)36/h5-7,9,11-15,37-38H,4,8,10H2,1-3H3,(H4,33,34,35). The molecular weight excluding hydrogens is 568 g/mol. The average molecular weight is 599 g/mol. The number of rotatable bonds is 9. The van der Waals surface area contributed by atoms with Crippen molar-refractivity contribution in [1.29, 1.82) is 0 Å². The number of pyridine rings is 1. The van der Waals surface area contributed by atoms with Gasteiger partial charge >= 0.3 is 5.63 Å². The summed E-state index contributed by atoms with van der Waals surface area (Å²) in [6.45, 7) is 0.679. The fourth-order valence-electron chi connectivity index (χ4n) is 5.53. The zero-order valence-electron chi connectivity index (χ0n) is 24.2. The molecule has 6 N–H and O–H groups in total. The van der Waals surface area contributed by atoms with Gasteiger partial charge in [0.1, 0.15) is 11.1 Å². The van der Waals surface area contributed by atoms with E-state index in [1.165, 1.54) is 21.3 Å². The molecule has 0 aliphatic rings. The molecule has 3 aromatic heterocycles. The highest BCUT2D eigenvalue weighted by Gasteiger charge is 2.25. The van der Waals surface area contributed by atoms with E-state index in [1.807, 2.05) is 0 Å². The lowest BCUT2D eigenvalue weighted by molar-refractivity contribution is 0.291. The number of hydrogen-bond acceptors (Lipinski definition) is 9. The van der Waals surface area contributed by atoms with Crippen LogP contribution >= 0.6 is 0 Å². The van der Waals surface area contributed by atoms with Crippen molar-refractivity contribution in [3.63, 3.8) is 0 Å². The lowest BCUT2D eigenvalue weighted by Gasteiger charge is -2.12. The van der Waals surface area contributed by atoms with Crippen molar-refractivity contribution in [2.45, 2.75) is 6.42 Å². The van der Waals surface area contributed by atoms with Crippen LogP contribution in [-0.2, 0) is 0 Å². The van der Waals surface area contributed by atoms with Crippen LogP contribution in [0.3, 0.4) is 0 Å². The Bertz CT molecular complexity index is 2160. The van der Waals surface area contributed by atoms with Crippen molar-refractivity contribution in [1.82, 2.24) is 4.40 Å². The van der Waals surface area contributed by atoms with Gasteiger partial charge in [0.25, 0.3) is 0 Å². The van der Waals surface area contributed by atoms with Gasteiger partial charge in [-0.05, 0) is 47.3 Å². The molecule has 0 radical (unpaired) electrons. The Morgan fingerprint density at radius 1 is 0.864 bits per heavy atom. The first-order chi connectivity index (χ1) is 21.2. The van der Waals surface area contributed by atoms with Crippen LogP contribution in [0.15, 0.2) is 68.9 Å². The van der Waals surface area contributed by atoms with Gasteiger partial charge in [0.05, 0.1) is 33.5 Å². The molecular formula is C32H30N4O8. The van der Waals surface area contributed by atoms with E-state index in [0.29, 0.717) is 68.4 Å². The molecule has 6 aromatic rings. The summed E-state index contributed by atoms with van der Waals surface area (Å²) in [6.07, 6.45) is 2.29. The van der Waals surface area contributed by atoms with Crippen molar-refractivity contribution in [2.75, 3.05) is 34.5 Å². The lowest BCUT2D eigenvalue weighted by atomic mass is 9.98. The Morgan fingerprint density at radius 3 is 2.30 bits per heavy atom. The summed E-state index contributed by atoms with van der Waals surface area (Å²) in [7, 11) is 4.46. The molecule has 0 aliphatic heterocycles. The van der Waals surface area contributed by atoms with E-state index in [-0.39, 0.29) is 40.9 Å². The summed E-state index contributed by atoms with van der Waals surface area (Å²) in [4.78, 5) is 17.7. The molecule has 3 heterocycles. The van der Waals surface area contributed by atoms with Crippen LogP contribution in [0.25, 0.3) is 49.3 Å². The second-order valence-corrected chi connectivity index (χ2v) is 10.0. The highest BCUT2D eigenvalue weighted by atomic mass is 16.5. The Labute approximate surface area is 250 Å². The molecule has 12 heteroatoms. The minimum Gasteiger partial charge on any atom is -0.504 e. The van der Waals surface area contributed by atoms with Gasteiger partial charge in [0.15, 0.2) is 40.5 Å². The Morgan fingerprint density at radius 2 is 1.59 bits per heavy atom. The van der Waals surface area contributed by atoms with Gasteiger partial charge in [-0.25, -0.2) is 4.79 Å². The molecule has 6 rings (SSSR count). The van der Waals surface area contributed by atoms with Crippen molar-refractivity contribution >= 4 is 44.1 Å². The summed E-state index contributed by atoms with van der Waals surface area (Å²) < 4.78 is 30.0. The van der Waals surface area contributed by atoms with Crippen LogP contribution < -0.4 is 36.0 Å². The first kappa shape index (κ1) is 28.3. The molecule has 0 saturated carbocycles. The quantitative estimate of drug-likeness (QED) is 0.0802. The molecule has 226 valence electrons. The number of phenolic OH excluding ortho intramolecular Hbond substituents is 2. The van der Waals surface area contributed by atoms with Gasteiger partial charge in [-0.15, -0.1) is 0 Å². The summed E-state index contributed by atoms with van der Waals surface area (Å²) >= 11 is 0. The molecule has 0 atom stereocenters. The number of guanidine groups is 1. The van der Waals surface area contributed by atoms with E-state index in [2.05, 4.69) is 4.99 Å². The lowest BCUT2D eigenvalue weighted by Crippen LogP contribution is -2.23. The van der Waals surface area contributed by atoms with E-state index >= 15 is 0 Å². The number of nitrogens with zero attached hydrogens (tertiary/aromatic N) is 2. The van der Waals surface area contributed by atoms with E-state index in [1.54, 1.807) is 59.1 Å². The number of phenols is 2. The molecule has 0 fully saturated rings. The molecule has 0 bridgehead atoms. The van der Waals surface area contributed by atoms with Crippen LogP contribution in [0.1, 0.15) is 6.42 Å². The van der Waals surface area contributed by atoms with Crippen molar-refractivity contribution in [2.24, 2.45) is 16.5 Å². The Kier molecular flexibility index (Phi) is 7.17. The first-order valence-electron chi connectivity index (χ1n) is 13.6. The molecule has 12 nitrogen and oxygen atoms in total. The van der Waals surface area contributed by atoms with Gasteiger partial charge in [0.2, 0.25) is 0 Å². The number of ether oxygens (including phenoxy) is 4. The number of benzene rings is 3. The topological polar surface area (TPSA) is 176 Å². The highest BCUT2D eigenvalue weighted by Crippen LogP contribution is 2.46. The second kappa shape index (κ2) is 11.1. The van der Waals surface area contributed by atoms with Crippen molar-refractivity contribution < 1.29 is 33.6 Å². The van der Waals surface area contributed by atoms with Crippen LogP contribution in [0.5, 0.6) is 34.5 Å². The Balaban J connectivity index is 1.69. The first-order valence-corrected chi connectivity index (χ1v) is 13.6. The average Bonchev–Trinajstić information content (AvgIpc) is 3.36.